The summed E-state index contributed by atoms with van der Waals surface area (Å²) >= 11 is 5.70. The first kappa shape index (κ1) is 8.97. The zero-order valence-electron chi connectivity index (χ0n) is 7.37. The van der Waals surface area contributed by atoms with Gasteiger partial charge in [0.1, 0.15) is 5.15 Å². The van der Waals surface area contributed by atoms with Gasteiger partial charge in [-0.25, -0.2) is 4.98 Å². The van der Waals surface area contributed by atoms with Gasteiger partial charge in [0.05, 0.1) is 6.10 Å². The second kappa shape index (κ2) is 4.07. The van der Waals surface area contributed by atoms with E-state index < -0.39 is 0 Å². The van der Waals surface area contributed by atoms with Crippen molar-refractivity contribution in [1.82, 2.24) is 4.98 Å². The molecule has 1 saturated heterocycles. The maximum absolute atomic E-state index is 5.70. The molecule has 1 aliphatic heterocycles. The zero-order chi connectivity index (χ0) is 9.10. The molecule has 0 N–H and O–H groups in total. The van der Waals surface area contributed by atoms with Crippen molar-refractivity contribution in [2.24, 2.45) is 0 Å². The monoisotopic (exact) mass is 197 g/mol. The Labute approximate surface area is 82.9 Å². The summed E-state index contributed by atoms with van der Waals surface area (Å²) in [5.74, 6) is 0. The van der Waals surface area contributed by atoms with Gasteiger partial charge in [-0.2, -0.15) is 0 Å². The summed E-state index contributed by atoms with van der Waals surface area (Å²) < 4.78 is 5.62. The van der Waals surface area contributed by atoms with E-state index in [1.807, 2.05) is 12.1 Å². The molecule has 3 heteroatoms. The van der Waals surface area contributed by atoms with Gasteiger partial charge >= 0.3 is 0 Å². The van der Waals surface area contributed by atoms with E-state index in [0.717, 1.165) is 18.6 Å². The highest BCUT2D eigenvalue weighted by Crippen LogP contribution is 2.27. The first-order chi connectivity index (χ1) is 6.36. The SMILES string of the molecule is Clc1ccc([C@@H]2CCCCO2)cn1. The van der Waals surface area contributed by atoms with E-state index in [-0.39, 0.29) is 6.10 Å². The molecular weight excluding hydrogens is 186 g/mol. The normalized spacial score (nSPS) is 23.0. The molecule has 2 nitrogen and oxygen atoms in total. The zero-order valence-corrected chi connectivity index (χ0v) is 8.13. The molecular formula is C10H12ClNO. The molecule has 1 aliphatic rings. The maximum atomic E-state index is 5.70. The van der Waals surface area contributed by atoms with Crippen molar-refractivity contribution in [2.75, 3.05) is 6.61 Å². The Morgan fingerprint density at radius 3 is 2.92 bits per heavy atom. The van der Waals surface area contributed by atoms with Gasteiger partial charge in [0.25, 0.3) is 0 Å². The van der Waals surface area contributed by atoms with E-state index in [9.17, 15) is 0 Å². The molecule has 0 aliphatic carbocycles. The van der Waals surface area contributed by atoms with Crippen LogP contribution < -0.4 is 0 Å². The molecule has 0 spiro atoms. The number of hydrogen-bond donors (Lipinski definition) is 0. The van der Waals surface area contributed by atoms with Gasteiger partial charge in [0.2, 0.25) is 0 Å². The van der Waals surface area contributed by atoms with Crippen molar-refractivity contribution in [1.29, 1.82) is 0 Å². The topological polar surface area (TPSA) is 22.1 Å². The Balaban J connectivity index is 2.10. The molecule has 0 saturated carbocycles. The summed E-state index contributed by atoms with van der Waals surface area (Å²) in [4.78, 5) is 4.04. The van der Waals surface area contributed by atoms with Gasteiger partial charge in [-0.15, -0.1) is 0 Å². The quantitative estimate of drug-likeness (QED) is 0.646. The molecule has 1 aromatic rings. The van der Waals surface area contributed by atoms with Crippen molar-refractivity contribution in [3.05, 3.63) is 29.0 Å². The molecule has 0 amide bonds. The van der Waals surface area contributed by atoms with Crippen LogP contribution in [0.5, 0.6) is 0 Å². The Bertz CT molecular complexity index is 267. The molecule has 0 bridgehead atoms. The lowest BCUT2D eigenvalue weighted by atomic mass is 10.0. The van der Waals surface area contributed by atoms with Crippen LogP contribution in [0.4, 0.5) is 0 Å². The van der Waals surface area contributed by atoms with Gasteiger partial charge < -0.3 is 4.74 Å². The number of nitrogens with zero attached hydrogens (tertiary/aromatic N) is 1. The van der Waals surface area contributed by atoms with Crippen LogP contribution >= 0.6 is 11.6 Å². The predicted octanol–water partition coefficient (Wildman–Crippen LogP) is 2.98. The van der Waals surface area contributed by atoms with Crippen molar-refractivity contribution < 1.29 is 4.74 Å². The third-order valence-electron chi connectivity index (χ3n) is 2.30. The van der Waals surface area contributed by atoms with Gasteiger partial charge in [-0.05, 0) is 30.9 Å². The number of halogens is 1. The smallest absolute Gasteiger partial charge is 0.129 e. The second-order valence-corrected chi connectivity index (χ2v) is 3.66. The summed E-state index contributed by atoms with van der Waals surface area (Å²) in [6.07, 6.45) is 5.56. The highest BCUT2D eigenvalue weighted by atomic mass is 35.5. The Morgan fingerprint density at radius 1 is 1.38 bits per heavy atom. The number of rotatable bonds is 1. The lowest BCUT2D eigenvalue weighted by Gasteiger charge is -2.22. The van der Waals surface area contributed by atoms with Crippen LogP contribution in [0.15, 0.2) is 18.3 Å². The van der Waals surface area contributed by atoms with E-state index in [2.05, 4.69) is 4.98 Å². The van der Waals surface area contributed by atoms with E-state index >= 15 is 0 Å². The fourth-order valence-electron chi connectivity index (χ4n) is 1.58. The van der Waals surface area contributed by atoms with Crippen LogP contribution in [0, 0.1) is 0 Å². The number of hydrogen-bond acceptors (Lipinski definition) is 2. The molecule has 70 valence electrons. The van der Waals surface area contributed by atoms with Gasteiger partial charge in [-0.1, -0.05) is 17.7 Å². The minimum Gasteiger partial charge on any atom is -0.373 e. The average Bonchev–Trinajstić information content (AvgIpc) is 2.20. The van der Waals surface area contributed by atoms with E-state index in [4.69, 9.17) is 16.3 Å². The van der Waals surface area contributed by atoms with Crippen LogP contribution in [0.1, 0.15) is 30.9 Å². The highest BCUT2D eigenvalue weighted by Gasteiger charge is 2.15. The van der Waals surface area contributed by atoms with E-state index in [1.54, 1.807) is 6.20 Å². The summed E-state index contributed by atoms with van der Waals surface area (Å²) in [6, 6.07) is 3.81. The van der Waals surface area contributed by atoms with E-state index in [0.29, 0.717) is 5.15 Å². The van der Waals surface area contributed by atoms with Crippen molar-refractivity contribution >= 4 is 11.6 Å². The lowest BCUT2D eigenvalue weighted by Crippen LogP contribution is -2.11. The summed E-state index contributed by atoms with van der Waals surface area (Å²) in [5.41, 5.74) is 1.14. The standard InChI is InChI=1S/C10H12ClNO/c11-10-5-4-8(7-12-10)9-3-1-2-6-13-9/h4-5,7,9H,1-3,6H2/t9-/m0/s1. The molecule has 0 unspecified atom stereocenters. The minimum absolute atomic E-state index is 0.235. The van der Waals surface area contributed by atoms with Gasteiger partial charge in [0.15, 0.2) is 0 Å². The molecule has 2 heterocycles. The molecule has 2 rings (SSSR count). The van der Waals surface area contributed by atoms with E-state index in [1.165, 1.54) is 12.8 Å². The highest BCUT2D eigenvalue weighted by molar-refractivity contribution is 6.29. The van der Waals surface area contributed by atoms with Crippen LogP contribution in [-0.4, -0.2) is 11.6 Å². The van der Waals surface area contributed by atoms with Crippen molar-refractivity contribution in [3.8, 4) is 0 Å². The average molecular weight is 198 g/mol. The third kappa shape index (κ3) is 2.20. The molecule has 1 fully saturated rings. The fourth-order valence-corrected chi connectivity index (χ4v) is 1.69. The molecule has 13 heavy (non-hydrogen) atoms. The van der Waals surface area contributed by atoms with Crippen molar-refractivity contribution in [2.45, 2.75) is 25.4 Å². The van der Waals surface area contributed by atoms with Crippen LogP contribution in [0.25, 0.3) is 0 Å². The minimum atomic E-state index is 0.235. The maximum Gasteiger partial charge on any atom is 0.129 e. The Hall–Kier alpha value is -0.600. The van der Waals surface area contributed by atoms with Gasteiger partial charge in [-0.3, -0.25) is 0 Å². The first-order valence-corrected chi connectivity index (χ1v) is 4.97. The van der Waals surface area contributed by atoms with Crippen LogP contribution in [-0.2, 0) is 4.74 Å². The third-order valence-corrected chi connectivity index (χ3v) is 2.53. The number of pyridine rings is 1. The number of aromatic nitrogens is 1. The molecule has 0 aromatic carbocycles. The van der Waals surface area contributed by atoms with Crippen LogP contribution in [0.3, 0.4) is 0 Å². The summed E-state index contributed by atoms with van der Waals surface area (Å²) in [6.45, 7) is 0.868. The van der Waals surface area contributed by atoms with Crippen LogP contribution in [0.2, 0.25) is 5.15 Å². The summed E-state index contributed by atoms with van der Waals surface area (Å²) in [7, 11) is 0. The lowest BCUT2D eigenvalue weighted by molar-refractivity contribution is 0.0147. The Morgan fingerprint density at radius 2 is 2.31 bits per heavy atom. The molecule has 1 atom stereocenters. The van der Waals surface area contributed by atoms with Crippen molar-refractivity contribution in [3.63, 3.8) is 0 Å². The second-order valence-electron chi connectivity index (χ2n) is 3.27. The fraction of sp³-hybridized carbons (Fsp3) is 0.500. The molecule has 1 aromatic heterocycles. The predicted molar refractivity (Wildman–Crippen MR) is 51.8 cm³/mol. The number of ether oxygens (including phenoxy) is 1. The van der Waals surface area contributed by atoms with Gasteiger partial charge in [0, 0.05) is 12.8 Å². The molecule has 0 radical (unpaired) electrons. The summed E-state index contributed by atoms with van der Waals surface area (Å²) in [5, 5.41) is 0.541. The largest absolute Gasteiger partial charge is 0.373 e. The first-order valence-electron chi connectivity index (χ1n) is 4.59. The Kier molecular flexibility index (Phi) is 2.81.